The molecule has 1 heterocycles. The molecule has 1 fully saturated rings. The van der Waals surface area contributed by atoms with Crippen LogP contribution >= 0.6 is 11.6 Å². The van der Waals surface area contributed by atoms with Gasteiger partial charge in [-0.2, -0.15) is 5.26 Å². The third kappa shape index (κ3) is 4.99. The van der Waals surface area contributed by atoms with E-state index in [4.69, 9.17) is 21.6 Å². The lowest BCUT2D eigenvalue weighted by molar-refractivity contribution is 0.0889. The summed E-state index contributed by atoms with van der Waals surface area (Å²) in [4.78, 5) is 16.6. The molecule has 1 aliphatic carbocycles. The summed E-state index contributed by atoms with van der Waals surface area (Å²) in [5.41, 5.74) is 2.01. The highest BCUT2D eigenvalue weighted by molar-refractivity contribution is 6.31. The van der Waals surface area contributed by atoms with Crippen LogP contribution in [-0.4, -0.2) is 23.0 Å². The number of carbonyl (C=O) groups is 1. The smallest absolute Gasteiger partial charge is 0.270 e. The number of rotatable bonds is 5. The minimum atomic E-state index is -0.124. The number of aryl methyl sites for hydroxylation is 1. The van der Waals surface area contributed by atoms with Gasteiger partial charge < -0.3 is 10.1 Å². The van der Waals surface area contributed by atoms with Crippen LogP contribution in [0, 0.1) is 11.3 Å². The van der Waals surface area contributed by atoms with Gasteiger partial charge in [-0.05, 0) is 55.9 Å². The van der Waals surface area contributed by atoms with E-state index in [1.807, 2.05) is 12.1 Å². The molecule has 1 N–H and O–H groups in total. The second-order valence-corrected chi connectivity index (χ2v) is 7.13. The molecule has 1 aromatic heterocycles. The summed E-state index contributed by atoms with van der Waals surface area (Å²) >= 11 is 6.05. The molecular weight excluding hydrogens is 362 g/mol. The summed E-state index contributed by atoms with van der Waals surface area (Å²) in [5.74, 6) is 0.549. The molecule has 1 aromatic carbocycles. The van der Waals surface area contributed by atoms with Gasteiger partial charge in [0.15, 0.2) is 0 Å². The van der Waals surface area contributed by atoms with Gasteiger partial charge in [0.05, 0.1) is 16.7 Å². The maximum atomic E-state index is 12.3. The summed E-state index contributed by atoms with van der Waals surface area (Å²) in [7, 11) is 0. The van der Waals surface area contributed by atoms with Crippen LogP contribution in [-0.2, 0) is 6.42 Å². The number of nitrogens with one attached hydrogen (secondary N) is 1. The quantitative estimate of drug-likeness (QED) is 0.835. The molecule has 140 valence electrons. The molecule has 0 atom stereocenters. The van der Waals surface area contributed by atoms with E-state index >= 15 is 0 Å². The number of hydrogen-bond donors (Lipinski definition) is 1. The van der Waals surface area contributed by atoms with Crippen molar-refractivity contribution in [3.8, 4) is 11.8 Å². The molecule has 0 bridgehead atoms. The van der Waals surface area contributed by atoms with Crippen LogP contribution in [0.1, 0.15) is 54.2 Å². The first-order valence-corrected chi connectivity index (χ1v) is 9.59. The van der Waals surface area contributed by atoms with Crippen LogP contribution in [0.3, 0.4) is 0 Å². The Hall–Kier alpha value is -2.58. The molecule has 1 saturated carbocycles. The second-order valence-electron chi connectivity index (χ2n) is 6.72. The van der Waals surface area contributed by atoms with Gasteiger partial charge in [0.25, 0.3) is 5.91 Å². The minimum absolute atomic E-state index is 0.0871. The molecule has 0 spiro atoms. The lowest BCUT2D eigenvalue weighted by Crippen LogP contribution is -2.40. The predicted molar refractivity (Wildman–Crippen MR) is 104 cm³/mol. The van der Waals surface area contributed by atoms with Crippen molar-refractivity contribution in [1.82, 2.24) is 10.3 Å². The zero-order valence-corrected chi connectivity index (χ0v) is 16.0. The number of hydrogen-bond acceptors (Lipinski definition) is 4. The summed E-state index contributed by atoms with van der Waals surface area (Å²) in [6.07, 6.45) is 6.16. The molecule has 27 heavy (non-hydrogen) atoms. The number of amides is 1. The Balaban J connectivity index is 1.49. The Morgan fingerprint density at radius 2 is 2.07 bits per heavy atom. The number of benzene rings is 1. The Morgan fingerprint density at radius 1 is 1.30 bits per heavy atom. The molecule has 0 saturated heterocycles. The molecule has 3 rings (SSSR count). The zero-order chi connectivity index (χ0) is 19.2. The first-order valence-electron chi connectivity index (χ1n) is 9.21. The van der Waals surface area contributed by atoms with Crippen molar-refractivity contribution < 1.29 is 9.53 Å². The zero-order valence-electron chi connectivity index (χ0n) is 15.2. The second kappa shape index (κ2) is 8.88. The van der Waals surface area contributed by atoms with E-state index in [1.165, 1.54) is 0 Å². The average molecular weight is 384 g/mol. The number of pyridine rings is 1. The Labute approximate surface area is 164 Å². The lowest BCUT2D eigenvalue weighted by atomic mass is 9.92. The number of nitriles is 1. The fourth-order valence-corrected chi connectivity index (χ4v) is 3.42. The Bertz CT molecular complexity index is 837. The Morgan fingerprint density at radius 3 is 2.67 bits per heavy atom. The molecule has 2 aromatic rings. The maximum Gasteiger partial charge on any atom is 0.270 e. The average Bonchev–Trinajstić information content (AvgIpc) is 2.69. The molecular formula is C21H22ClN3O2. The summed E-state index contributed by atoms with van der Waals surface area (Å²) in [6.45, 7) is 2.06. The predicted octanol–water partition coefficient (Wildman–Crippen LogP) is 4.29. The molecule has 0 aliphatic heterocycles. The SMILES string of the molecule is CCc1ccc(C(=O)N[C@H]2CC[C@H](Oc3ccc(C#N)c(Cl)c3)CC2)nc1. The summed E-state index contributed by atoms with van der Waals surface area (Å²) in [5, 5.41) is 12.4. The fraction of sp³-hybridized carbons (Fsp3) is 0.381. The van der Waals surface area contributed by atoms with Crippen LogP contribution in [0.25, 0.3) is 0 Å². The van der Waals surface area contributed by atoms with Gasteiger partial charge in [0.1, 0.15) is 17.5 Å². The minimum Gasteiger partial charge on any atom is -0.490 e. The lowest BCUT2D eigenvalue weighted by Gasteiger charge is -2.29. The van der Waals surface area contributed by atoms with E-state index < -0.39 is 0 Å². The summed E-state index contributed by atoms with van der Waals surface area (Å²) in [6, 6.07) is 11.0. The van der Waals surface area contributed by atoms with Gasteiger partial charge >= 0.3 is 0 Å². The number of carbonyl (C=O) groups excluding carboxylic acids is 1. The molecule has 6 heteroatoms. The standard InChI is InChI=1S/C21H22ClN3O2/c1-2-14-3-10-20(24-13-14)21(26)25-16-5-8-17(9-6-16)27-18-7-4-15(12-23)19(22)11-18/h3-4,7,10-11,13,16-17H,2,5-6,8-9H2,1H3,(H,25,26)/t16-,17-. The fourth-order valence-electron chi connectivity index (χ4n) is 3.20. The van der Waals surface area contributed by atoms with Crippen molar-refractivity contribution in [3.05, 3.63) is 58.4 Å². The number of aromatic nitrogens is 1. The van der Waals surface area contributed by atoms with Crippen molar-refractivity contribution in [3.63, 3.8) is 0 Å². The molecule has 5 nitrogen and oxygen atoms in total. The van der Waals surface area contributed by atoms with E-state index in [9.17, 15) is 4.79 Å². The molecule has 1 amide bonds. The van der Waals surface area contributed by atoms with Crippen LogP contribution < -0.4 is 10.1 Å². The summed E-state index contributed by atoms with van der Waals surface area (Å²) < 4.78 is 5.98. The van der Waals surface area contributed by atoms with Crippen molar-refractivity contribution in [2.45, 2.75) is 51.2 Å². The van der Waals surface area contributed by atoms with E-state index in [1.54, 1.807) is 30.5 Å². The van der Waals surface area contributed by atoms with Crippen LogP contribution in [0.5, 0.6) is 5.75 Å². The van der Waals surface area contributed by atoms with Crippen LogP contribution in [0.4, 0.5) is 0 Å². The highest BCUT2D eigenvalue weighted by Crippen LogP contribution is 2.27. The first-order chi connectivity index (χ1) is 13.1. The van der Waals surface area contributed by atoms with Crippen LogP contribution in [0.2, 0.25) is 5.02 Å². The third-order valence-electron chi connectivity index (χ3n) is 4.84. The molecule has 0 unspecified atom stereocenters. The van der Waals surface area contributed by atoms with Gasteiger partial charge in [-0.25, -0.2) is 0 Å². The monoisotopic (exact) mass is 383 g/mol. The molecule has 0 radical (unpaired) electrons. The van der Waals surface area contributed by atoms with E-state index in [-0.39, 0.29) is 18.1 Å². The first kappa shape index (κ1) is 19.2. The van der Waals surface area contributed by atoms with Gasteiger partial charge in [0.2, 0.25) is 0 Å². The van der Waals surface area contributed by atoms with Crippen molar-refractivity contribution in [1.29, 1.82) is 5.26 Å². The van der Waals surface area contributed by atoms with Gasteiger partial charge in [0, 0.05) is 18.3 Å². The third-order valence-corrected chi connectivity index (χ3v) is 5.15. The van der Waals surface area contributed by atoms with Crippen molar-refractivity contribution >= 4 is 17.5 Å². The maximum absolute atomic E-state index is 12.3. The van der Waals surface area contributed by atoms with E-state index in [2.05, 4.69) is 17.2 Å². The number of halogens is 1. The highest BCUT2D eigenvalue weighted by atomic mass is 35.5. The van der Waals surface area contributed by atoms with E-state index in [0.717, 1.165) is 37.7 Å². The molecule has 1 aliphatic rings. The topological polar surface area (TPSA) is 75.0 Å². The Kier molecular flexibility index (Phi) is 6.31. The van der Waals surface area contributed by atoms with Crippen molar-refractivity contribution in [2.24, 2.45) is 0 Å². The number of nitrogens with zero attached hydrogens (tertiary/aromatic N) is 2. The van der Waals surface area contributed by atoms with E-state index in [0.29, 0.717) is 22.0 Å². The largest absolute Gasteiger partial charge is 0.490 e. The van der Waals surface area contributed by atoms with Gasteiger partial charge in [-0.1, -0.05) is 24.6 Å². The van der Waals surface area contributed by atoms with Gasteiger partial charge in [-0.15, -0.1) is 0 Å². The van der Waals surface area contributed by atoms with Gasteiger partial charge in [-0.3, -0.25) is 9.78 Å². The van der Waals surface area contributed by atoms with Crippen molar-refractivity contribution in [2.75, 3.05) is 0 Å². The highest BCUT2D eigenvalue weighted by Gasteiger charge is 2.24. The van der Waals surface area contributed by atoms with Crippen LogP contribution in [0.15, 0.2) is 36.5 Å². The number of ether oxygens (including phenoxy) is 1. The normalized spacial score (nSPS) is 19.1.